The SMILES string of the molecule is COC(=O)CCCCCCCCCCC(CCCCCCC(=O)OC)C(=O)OC. The fourth-order valence-corrected chi connectivity index (χ4v) is 3.49. The lowest BCUT2D eigenvalue weighted by atomic mass is 9.94. The Morgan fingerprint density at radius 2 is 0.862 bits per heavy atom. The fourth-order valence-electron chi connectivity index (χ4n) is 3.49. The van der Waals surface area contributed by atoms with Gasteiger partial charge in [0.05, 0.1) is 27.2 Å². The third kappa shape index (κ3) is 17.0. The summed E-state index contributed by atoms with van der Waals surface area (Å²) in [5, 5.41) is 0. The van der Waals surface area contributed by atoms with Gasteiger partial charge in [0, 0.05) is 12.8 Å². The van der Waals surface area contributed by atoms with Crippen molar-refractivity contribution in [2.75, 3.05) is 21.3 Å². The second kappa shape index (κ2) is 19.7. The molecule has 170 valence electrons. The molecule has 0 saturated heterocycles. The molecule has 29 heavy (non-hydrogen) atoms. The van der Waals surface area contributed by atoms with Gasteiger partial charge in [0.1, 0.15) is 0 Å². The number of rotatable bonds is 19. The van der Waals surface area contributed by atoms with Crippen molar-refractivity contribution >= 4 is 17.9 Å². The average molecular weight is 415 g/mol. The maximum atomic E-state index is 12.0. The van der Waals surface area contributed by atoms with Crippen LogP contribution in [0.1, 0.15) is 103 Å². The molecule has 0 heterocycles. The highest BCUT2D eigenvalue weighted by atomic mass is 16.5. The van der Waals surface area contributed by atoms with E-state index >= 15 is 0 Å². The highest BCUT2D eigenvalue weighted by molar-refractivity contribution is 5.72. The molecule has 0 aliphatic rings. The van der Waals surface area contributed by atoms with Crippen molar-refractivity contribution in [2.24, 2.45) is 5.92 Å². The second-order valence-corrected chi connectivity index (χ2v) is 7.69. The highest BCUT2D eigenvalue weighted by Crippen LogP contribution is 2.20. The minimum atomic E-state index is -0.154. The van der Waals surface area contributed by atoms with Crippen LogP contribution in [0.5, 0.6) is 0 Å². The molecule has 6 heteroatoms. The first-order valence-corrected chi connectivity index (χ1v) is 11.3. The van der Waals surface area contributed by atoms with Crippen molar-refractivity contribution in [1.82, 2.24) is 0 Å². The quantitative estimate of drug-likeness (QED) is 0.161. The molecule has 0 spiro atoms. The van der Waals surface area contributed by atoms with E-state index in [0.29, 0.717) is 12.8 Å². The van der Waals surface area contributed by atoms with Crippen molar-refractivity contribution in [3.8, 4) is 0 Å². The summed E-state index contributed by atoms with van der Waals surface area (Å²) in [7, 11) is 4.31. The van der Waals surface area contributed by atoms with Crippen LogP contribution in [0.4, 0.5) is 0 Å². The minimum absolute atomic E-state index is 0.000992. The van der Waals surface area contributed by atoms with Gasteiger partial charge in [0.2, 0.25) is 0 Å². The molecule has 0 aliphatic heterocycles. The van der Waals surface area contributed by atoms with E-state index in [1.54, 1.807) is 0 Å². The Kier molecular flexibility index (Phi) is 18.6. The van der Waals surface area contributed by atoms with Crippen molar-refractivity contribution < 1.29 is 28.6 Å². The second-order valence-electron chi connectivity index (χ2n) is 7.69. The molecule has 0 bridgehead atoms. The number of ether oxygens (including phenoxy) is 3. The molecule has 0 rings (SSSR count). The topological polar surface area (TPSA) is 78.9 Å². The maximum Gasteiger partial charge on any atom is 0.308 e. The Morgan fingerprint density at radius 1 is 0.517 bits per heavy atom. The molecule has 0 saturated carbocycles. The van der Waals surface area contributed by atoms with E-state index in [9.17, 15) is 14.4 Å². The third-order valence-electron chi connectivity index (χ3n) is 5.36. The molecule has 0 aromatic rings. The van der Waals surface area contributed by atoms with Crippen LogP contribution in [0.3, 0.4) is 0 Å². The van der Waals surface area contributed by atoms with E-state index in [-0.39, 0.29) is 23.8 Å². The van der Waals surface area contributed by atoms with Crippen molar-refractivity contribution in [1.29, 1.82) is 0 Å². The molecule has 1 atom stereocenters. The first-order chi connectivity index (χ1) is 14.0. The zero-order valence-electron chi connectivity index (χ0n) is 18.8. The molecular weight excluding hydrogens is 372 g/mol. The Morgan fingerprint density at radius 3 is 1.21 bits per heavy atom. The van der Waals surface area contributed by atoms with Gasteiger partial charge in [-0.3, -0.25) is 14.4 Å². The lowest BCUT2D eigenvalue weighted by Crippen LogP contribution is -2.16. The van der Waals surface area contributed by atoms with Gasteiger partial charge in [0.15, 0.2) is 0 Å². The van der Waals surface area contributed by atoms with Crippen LogP contribution in [-0.4, -0.2) is 39.2 Å². The van der Waals surface area contributed by atoms with E-state index in [2.05, 4.69) is 9.47 Å². The van der Waals surface area contributed by atoms with Gasteiger partial charge in [0.25, 0.3) is 0 Å². The van der Waals surface area contributed by atoms with Crippen LogP contribution in [0.15, 0.2) is 0 Å². The summed E-state index contributed by atoms with van der Waals surface area (Å²) >= 11 is 0. The summed E-state index contributed by atoms with van der Waals surface area (Å²) in [6, 6.07) is 0. The summed E-state index contributed by atoms with van der Waals surface area (Å²) in [4.78, 5) is 34.1. The molecule has 0 aromatic heterocycles. The molecule has 0 fully saturated rings. The summed E-state index contributed by atoms with van der Waals surface area (Å²) in [6.07, 6.45) is 15.6. The molecule has 1 unspecified atom stereocenters. The van der Waals surface area contributed by atoms with Crippen molar-refractivity contribution in [3.05, 3.63) is 0 Å². The van der Waals surface area contributed by atoms with Crippen molar-refractivity contribution in [2.45, 2.75) is 103 Å². The predicted octanol–water partition coefficient (Wildman–Crippen LogP) is 5.36. The number of carbonyl (C=O) groups is 3. The normalized spacial score (nSPS) is 11.7. The standard InChI is InChI=1S/C23H42O6/c1-27-21(24)18-14-9-7-5-4-6-8-12-16-20(23(26)29-3)17-13-10-11-15-19-22(25)28-2/h20H,4-19H2,1-3H3. The van der Waals surface area contributed by atoms with E-state index in [1.807, 2.05) is 0 Å². The predicted molar refractivity (Wildman–Crippen MR) is 113 cm³/mol. The first-order valence-electron chi connectivity index (χ1n) is 11.3. The molecule has 0 N–H and O–H groups in total. The maximum absolute atomic E-state index is 12.0. The van der Waals surface area contributed by atoms with Crippen LogP contribution in [0, 0.1) is 5.92 Å². The van der Waals surface area contributed by atoms with Crippen molar-refractivity contribution in [3.63, 3.8) is 0 Å². The third-order valence-corrected chi connectivity index (χ3v) is 5.36. The first kappa shape index (κ1) is 27.4. The van der Waals surface area contributed by atoms with Crippen LogP contribution in [0.25, 0.3) is 0 Å². The van der Waals surface area contributed by atoms with Gasteiger partial charge >= 0.3 is 17.9 Å². The lowest BCUT2D eigenvalue weighted by Gasteiger charge is -2.14. The fraction of sp³-hybridized carbons (Fsp3) is 0.870. The van der Waals surface area contributed by atoms with Crippen LogP contribution < -0.4 is 0 Å². The monoisotopic (exact) mass is 414 g/mol. The number of hydrogen-bond acceptors (Lipinski definition) is 6. The van der Waals surface area contributed by atoms with Gasteiger partial charge in [-0.15, -0.1) is 0 Å². The molecule has 0 amide bonds. The average Bonchev–Trinajstić information content (AvgIpc) is 2.74. The molecule has 6 nitrogen and oxygen atoms in total. The van der Waals surface area contributed by atoms with Gasteiger partial charge < -0.3 is 14.2 Å². The Labute approximate surface area is 177 Å². The van der Waals surface area contributed by atoms with Gasteiger partial charge in [-0.05, 0) is 25.7 Å². The highest BCUT2D eigenvalue weighted by Gasteiger charge is 2.18. The van der Waals surface area contributed by atoms with Gasteiger partial charge in [-0.1, -0.05) is 64.2 Å². The van der Waals surface area contributed by atoms with Gasteiger partial charge in [-0.25, -0.2) is 0 Å². The van der Waals surface area contributed by atoms with Crippen LogP contribution >= 0.6 is 0 Å². The zero-order chi connectivity index (χ0) is 21.7. The van der Waals surface area contributed by atoms with E-state index in [0.717, 1.165) is 70.6 Å². The smallest absolute Gasteiger partial charge is 0.308 e. The van der Waals surface area contributed by atoms with E-state index in [1.165, 1.54) is 40.6 Å². The van der Waals surface area contributed by atoms with Crippen LogP contribution in [0.2, 0.25) is 0 Å². The largest absolute Gasteiger partial charge is 0.469 e. The molecule has 0 aromatic carbocycles. The Balaban J connectivity index is 3.68. The van der Waals surface area contributed by atoms with Crippen LogP contribution in [-0.2, 0) is 28.6 Å². The number of methoxy groups -OCH3 is 3. The molecule has 0 aliphatic carbocycles. The summed E-state index contributed by atoms with van der Waals surface area (Å²) in [5.74, 6) is -0.367. The molecule has 0 radical (unpaired) electrons. The summed E-state index contributed by atoms with van der Waals surface area (Å²) in [5.41, 5.74) is 0. The Hall–Kier alpha value is -1.59. The number of esters is 3. The lowest BCUT2D eigenvalue weighted by molar-refractivity contribution is -0.146. The number of unbranched alkanes of at least 4 members (excludes halogenated alkanes) is 10. The summed E-state index contributed by atoms with van der Waals surface area (Å²) in [6.45, 7) is 0. The van der Waals surface area contributed by atoms with E-state index < -0.39 is 0 Å². The number of hydrogen-bond donors (Lipinski definition) is 0. The minimum Gasteiger partial charge on any atom is -0.469 e. The number of carbonyl (C=O) groups excluding carboxylic acids is 3. The summed E-state index contributed by atoms with van der Waals surface area (Å²) < 4.78 is 14.2. The Bertz CT molecular complexity index is 435. The molecular formula is C23H42O6. The van der Waals surface area contributed by atoms with E-state index in [4.69, 9.17) is 4.74 Å². The zero-order valence-corrected chi connectivity index (χ0v) is 18.8. The van der Waals surface area contributed by atoms with Gasteiger partial charge in [-0.2, -0.15) is 0 Å².